The molecule has 19 heavy (non-hydrogen) atoms. The van der Waals surface area contributed by atoms with E-state index in [0.717, 1.165) is 5.69 Å². The molecule has 0 saturated carbocycles. The molecule has 0 atom stereocenters. The normalized spacial score (nSPS) is 10.8. The molecular formula is C11H11N7O. The van der Waals surface area contributed by atoms with Gasteiger partial charge in [-0.3, -0.25) is 4.57 Å². The first kappa shape index (κ1) is 11.3. The SMILES string of the molecule is Cn1cnn(Cc2nnnn2-c2ccccc2)c1=O. The molecule has 0 fully saturated rings. The smallest absolute Gasteiger partial charge is 0.285 e. The number of hydrogen-bond donors (Lipinski definition) is 0. The van der Waals surface area contributed by atoms with Crippen LogP contribution in [0, 0.1) is 0 Å². The summed E-state index contributed by atoms with van der Waals surface area (Å²) < 4.78 is 4.29. The lowest BCUT2D eigenvalue weighted by Gasteiger charge is -2.03. The van der Waals surface area contributed by atoms with Gasteiger partial charge in [-0.05, 0) is 22.6 Å². The second-order valence-corrected chi connectivity index (χ2v) is 4.02. The van der Waals surface area contributed by atoms with E-state index in [2.05, 4.69) is 20.6 Å². The molecular weight excluding hydrogens is 246 g/mol. The van der Waals surface area contributed by atoms with Gasteiger partial charge in [0, 0.05) is 7.05 Å². The summed E-state index contributed by atoms with van der Waals surface area (Å²) >= 11 is 0. The number of para-hydroxylation sites is 1. The van der Waals surface area contributed by atoms with Crippen molar-refractivity contribution in [2.75, 3.05) is 0 Å². The van der Waals surface area contributed by atoms with Gasteiger partial charge in [0.05, 0.1) is 5.69 Å². The second kappa shape index (κ2) is 4.48. The Labute approximate surface area is 107 Å². The van der Waals surface area contributed by atoms with Crippen molar-refractivity contribution in [1.29, 1.82) is 0 Å². The fourth-order valence-corrected chi connectivity index (χ4v) is 1.74. The zero-order valence-corrected chi connectivity index (χ0v) is 10.2. The van der Waals surface area contributed by atoms with Gasteiger partial charge in [-0.1, -0.05) is 18.2 Å². The summed E-state index contributed by atoms with van der Waals surface area (Å²) in [6, 6.07) is 9.49. The van der Waals surface area contributed by atoms with Crippen LogP contribution >= 0.6 is 0 Å². The topological polar surface area (TPSA) is 83.4 Å². The van der Waals surface area contributed by atoms with Crippen molar-refractivity contribution in [2.24, 2.45) is 7.05 Å². The third-order valence-corrected chi connectivity index (χ3v) is 2.71. The molecule has 2 aromatic heterocycles. The lowest BCUT2D eigenvalue weighted by Crippen LogP contribution is -2.24. The second-order valence-electron chi connectivity index (χ2n) is 4.02. The van der Waals surface area contributed by atoms with Gasteiger partial charge in [0.25, 0.3) is 0 Å². The first-order valence-electron chi connectivity index (χ1n) is 5.67. The first-order valence-corrected chi connectivity index (χ1v) is 5.67. The fraction of sp³-hybridized carbons (Fsp3) is 0.182. The third-order valence-electron chi connectivity index (χ3n) is 2.71. The molecule has 0 aliphatic heterocycles. The summed E-state index contributed by atoms with van der Waals surface area (Å²) in [4.78, 5) is 11.7. The van der Waals surface area contributed by atoms with E-state index >= 15 is 0 Å². The standard InChI is InChI=1S/C11H11N7O/c1-16-8-12-17(11(16)19)7-10-13-14-15-18(10)9-5-3-2-4-6-9/h2-6,8H,7H2,1H3. The highest BCUT2D eigenvalue weighted by Gasteiger charge is 2.11. The van der Waals surface area contributed by atoms with Gasteiger partial charge >= 0.3 is 5.69 Å². The summed E-state index contributed by atoms with van der Waals surface area (Å²) in [6.45, 7) is 0.224. The molecule has 3 rings (SSSR count). The summed E-state index contributed by atoms with van der Waals surface area (Å²) in [5.74, 6) is 0.548. The molecule has 0 radical (unpaired) electrons. The van der Waals surface area contributed by atoms with Gasteiger partial charge in [0.15, 0.2) is 5.82 Å². The lowest BCUT2D eigenvalue weighted by molar-refractivity contribution is 0.606. The van der Waals surface area contributed by atoms with E-state index in [1.807, 2.05) is 30.3 Å². The van der Waals surface area contributed by atoms with Crippen molar-refractivity contribution < 1.29 is 0 Å². The molecule has 0 saturated heterocycles. The maximum atomic E-state index is 11.7. The number of benzene rings is 1. The highest BCUT2D eigenvalue weighted by molar-refractivity contribution is 5.30. The molecule has 0 bridgehead atoms. The number of aromatic nitrogens is 7. The molecule has 0 unspecified atom stereocenters. The van der Waals surface area contributed by atoms with Crippen molar-refractivity contribution in [1.82, 2.24) is 34.6 Å². The number of nitrogens with zero attached hydrogens (tertiary/aromatic N) is 7. The average Bonchev–Trinajstić information content (AvgIpc) is 3.02. The van der Waals surface area contributed by atoms with Crippen molar-refractivity contribution in [2.45, 2.75) is 6.54 Å². The minimum absolute atomic E-state index is 0.206. The highest BCUT2D eigenvalue weighted by atomic mass is 16.2. The number of tetrazole rings is 1. The molecule has 3 aromatic rings. The van der Waals surface area contributed by atoms with Gasteiger partial charge in [0.1, 0.15) is 12.9 Å². The van der Waals surface area contributed by atoms with E-state index in [1.165, 1.54) is 15.6 Å². The summed E-state index contributed by atoms with van der Waals surface area (Å²) in [6.07, 6.45) is 1.46. The van der Waals surface area contributed by atoms with E-state index in [9.17, 15) is 4.79 Å². The predicted molar refractivity (Wildman–Crippen MR) is 65.7 cm³/mol. The molecule has 1 aromatic carbocycles. The minimum atomic E-state index is -0.206. The lowest BCUT2D eigenvalue weighted by atomic mass is 10.3. The van der Waals surface area contributed by atoms with Crippen LogP contribution in [-0.2, 0) is 13.6 Å². The number of aryl methyl sites for hydroxylation is 1. The van der Waals surface area contributed by atoms with Crippen LogP contribution in [0.3, 0.4) is 0 Å². The van der Waals surface area contributed by atoms with Crippen molar-refractivity contribution >= 4 is 0 Å². The van der Waals surface area contributed by atoms with E-state index < -0.39 is 0 Å². The van der Waals surface area contributed by atoms with Crippen LogP contribution in [0.4, 0.5) is 0 Å². The maximum absolute atomic E-state index is 11.7. The average molecular weight is 257 g/mol. The largest absolute Gasteiger partial charge is 0.345 e. The minimum Gasteiger partial charge on any atom is -0.285 e. The Morgan fingerprint density at radius 2 is 2.00 bits per heavy atom. The third kappa shape index (κ3) is 2.03. The Hall–Kier alpha value is -2.77. The molecule has 0 aliphatic rings. The zero-order chi connectivity index (χ0) is 13.2. The molecule has 8 nitrogen and oxygen atoms in total. The molecule has 0 spiro atoms. The van der Waals surface area contributed by atoms with Crippen LogP contribution in [0.15, 0.2) is 41.5 Å². The van der Waals surface area contributed by atoms with Crippen LogP contribution in [0.5, 0.6) is 0 Å². The Bertz CT molecular complexity index is 740. The maximum Gasteiger partial charge on any atom is 0.345 e. The first-order chi connectivity index (χ1) is 9.25. The Morgan fingerprint density at radius 1 is 1.21 bits per heavy atom. The molecule has 8 heteroatoms. The molecule has 0 aliphatic carbocycles. The van der Waals surface area contributed by atoms with Gasteiger partial charge in [-0.25, -0.2) is 9.48 Å². The predicted octanol–water partition coefficient (Wildman–Crippen LogP) is -0.394. The van der Waals surface area contributed by atoms with Crippen molar-refractivity contribution in [3.8, 4) is 5.69 Å². The monoisotopic (exact) mass is 257 g/mol. The zero-order valence-electron chi connectivity index (χ0n) is 10.2. The Kier molecular flexibility index (Phi) is 2.67. The van der Waals surface area contributed by atoms with Crippen LogP contribution < -0.4 is 5.69 Å². The van der Waals surface area contributed by atoms with Crippen LogP contribution in [0.25, 0.3) is 5.69 Å². The van der Waals surface area contributed by atoms with Crippen LogP contribution in [0.1, 0.15) is 5.82 Å². The van der Waals surface area contributed by atoms with E-state index in [1.54, 1.807) is 11.7 Å². The van der Waals surface area contributed by atoms with Crippen LogP contribution in [0.2, 0.25) is 0 Å². The molecule has 0 amide bonds. The van der Waals surface area contributed by atoms with Gasteiger partial charge in [-0.2, -0.15) is 9.78 Å². The summed E-state index contributed by atoms with van der Waals surface area (Å²) in [5.41, 5.74) is 0.633. The van der Waals surface area contributed by atoms with Crippen molar-refractivity contribution in [3.63, 3.8) is 0 Å². The quantitative estimate of drug-likeness (QED) is 0.638. The Balaban J connectivity index is 1.98. The number of rotatable bonds is 3. The van der Waals surface area contributed by atoms with Gasteiger partial charge in [0.2, 0.25) is 0 Å². The molecule has 2 heterocycles. The highest BCUT2D eigenvalue weighted by Crippen LogP contribution is 2.07. The molecule has 0 N–H and O–H groups in total. The fourth-order valence-electron chi connectivity index (χ4n) is 1.74. The summed E-state index contributed by atoms with van der Waals surface area (Å²) in [7, 11) is 1.64. The molecule has 96 valence electrons. The van der Waals surface area contributed by atoms with Crippen LogP contribution in [-0.4, -0.2) is 34.6 Å². The van der Waals surface area contributed by atoms with E-state index in [0.29, 0.717) is 5.82 Å². The van der Waals surface area contributed by atoms with E-state index in [4.69, 9.17) is 0 Å². The van der Waals surface area contributed by atoms with Gasteiger partial charge in [-0.15, -0.1) is 5.10 Å². The summed E-state index contributed by atoms with van der Waals surface area (Å²) in [5, 5.41) is 15.5. The van der Waals surface area contributed by atoms with Crippen molar-refractivity contribution in [3.05, 3.63) is 53.0 Å². The number of hydrogen-bond acceptors (Lipinski definition) is 5. The Morgan fingerprint density at radius 3 is 2.68 bits per heavy atom. The van der Waals surface area contributed by atoms with Gasteiger partial charge < -0.3 is 0 Å². The van der Waals surface area contributed by atoms with E-state index in [-0.39, 0.29) is 12.2 Å².